The Bertz CT molecular complexity index is 392. The van der Waals surface area contributed by atoms with E-state index >= 15 is 0 Å². The molecule has 1 fully saturated rings. The second-order valence-corrected chi connectivity index (χ2v) is 4.68. The molecule has 0 aliphatic heterocycles. The number of ether oxygens (including phenoxy) is 1. The lowest BCUT2D eigenvalue weighted by Crippen LogP contribution is -2.41. The Balaban J connectivity index is 2.50. The Labute approximate surface area is 96.2 Å². The predicted molar refractivity (Wildman–Crippen MR) is 64.0 cm³/mol. The van der Waals surface area contributed by atoms with E-state index in [1.165, 1.54) is 6.42 Å². The maximum absolute atomic E-state index is 10.1. The maximum atomic E-state index is 10.1. The van der Waals surface area contributed by atoms with E-state index in [4.69, 9.17) is 10.5 Å². The molecule has 1 saturated carbocycles. The van der Waals surface area contributed by atoms with Gasteiger partial charge in [0.2, 0.25) is 0 Å². The highest BCUT2D eigenvalue weighted by Crippen LogP contribution is 2.48. The van der Waals surface area contributed by atoms with Crippen LogP contribution in [0.5, 0.6) is 11.5 Å². The third-order valence-corrected chi connectivity index (χ3v) is 3.78. The van der Waals surface area contributed by atoms with Crippen molar-refractivity contribution >= 4 is 0 Å². The van der Waals surface area contributed by atoms with E-state index < -0.39 is 0 Å². The molecule has 0 saturated heterocycles. The van der Waals surface area contributed by atoms with E-state index in [2.05, 4.69) is 0 Å². The van der Waals surface area contributed by atoms with Crippen LogP contribution in [0.2, 0.25) is 0 Å². The fourth-order valence-corrected chi connectivity index (χ4v) is 2.46. The summed E-state index contributed by atoms with van der Waals surface area (Å²) in [6, 6.07) is 3.77. The van der Waals surface area contributed by atoms with E-state index in [0.29, 0.717) is 12.3 Å². The first-order chi connectivity index (χ1) is 7.63. The number of phenols is 1. The number of hydrogen-bond acceptors (Lipinski definition) is 3. The van der Waals surface area contributed by atoms with Crippen molar-refractivity contribution in [2.45, 2.75) is 31.6 Å². The number of phenolic OH excluding ortho intramolecular Hbond substituents is 1. The standard InChI is InChI=1S/C13H19NO2/c1-9-6-10(16-2)7-11(12(9)15)13(8-14)4-3-5-13/h6-7,15H,3-5,8,14H2,1-2H3. The molecule has 0 aromatic heterocycles. The predicted octanol–water partition coefficient (Wildman–Crippen LogP) is 2.09. The quantitative estimate of drug-likeness (QED) is 0.821. The van der Waals surface area contributed by atoms with Crippen LogP contribution in [-0.2, 0) is 5.41 Å². The Kier molecular flexibility index (Phi) is 2.80. The summed E-state index contributed by atoms with van der Waals surface area (Å²) in [4.78, 5) is 0. The van der Waals surface area contributed by atoms with Gasteiger partial charge in [-0.2, -0.15) is 0 Å². The Morgan fingerprint density at radius 3 is 2.56 bits per heavy atom. The lowest BCUT2D eigenvalue weighted by atomic mass is 9.64. The maximum Gasteiger partial charge on any atom is 0.122 e. The minimum absolute atomic E-state index is 0.0244. The van der Waals surface area contributed by atoms with Gasteiger partial charge in [-0.25, -0.2) is 0 Å². The van der Waals surface area contributed by atoms with Crippen LogP contribution in [0.3, 0.4) is 0 Å². The number of rotatable bonds is 3. The molecular formula is C13H19NO2. The average Bonchev–Trinajstić information content (AvgIpc) is 2.23. The summed E-state index contributed by atoms with van der Waals surface area (Å²) in [5.74, 6) is 1.18. The van der Waals surface area contributed by atoms with Gasteiger partial charge in [0.25, 0.3) is 0 Å². The Morgan fingerprint density at radius 1 is 1.44 bits per heavy atom. The van der Waals surface area contributed by atoms with Crippen molar-refractivity contribution < 1.29 is 9.84 Å². The third-order valence-electron chi connectivity index (χ3n) is 3.78. The van der Waals surface area contributed by atoms with Crippen LogP contribution in [-0.4, -0.2) is 18.8 Å². The van der Waals surface area contributed by atoms with Gasteiger partial charge in [-0.3, -0.25) is 0 Å². The lowest BCUT2D eigenvalue weighted by Gasteiger charge is -2.42. The zero-order chi connectivity index (χ0) is 11.8. The molecule has 0 unspecified atom stereocenters. The molecule has 1 aliphatic rings. The van der Waals surface area contributed by atoms with Crippen LogP contribution in [0, 0.1) is 6.92 Å². The van der Waals surface area contributed by atoms with Crippen molar-refractivity contribution in [1.29, 1.82) is 0 Å². The molecule has 3 nitrogen and oxygen atoms in total. The van der Waals surface area contributed by atoms with Crippen LogP contribution in [0.1, 0.15) is 30.4 Å². The van der Waals surface area contributed by atoms with Crippen LogP contribution < -0.4 is 10.5 Å². The van der Waals surface area contributed by atoms with E-state index in [1.807, 2.05) is 19.1 Å². The first-order valence-electron chi connectivity index (χ1n) is 5.71. The summed E-state index contributed by atoms with van der Waals surface area (Å²) < 4.78 is 5.25. The molecule has 0 atom stereocenters. The molecule has 1 aliphatic carbocycles. The monoisotopic (exact) mass is 221 g/mol. The van der Waals surface area contributed by atoms with Gasteiger partial charge < -0.3 is 15.6 Å². The van der Waals surface area contributed by atoms with E-state index in [-0.39, 0.29) is 5.41 Å². The summed E-state index contributed by atoms with van der Waals surface area (Å²) in [5.41, 5.74) is 7.65. The van der Waals surface area contributed by atoms with Gasteiger partial charge >= 0.3 is 0 Å². The number of hydrogen-bond donors (Lipinski definition) is 2. The van der Waals surface area contributed by atoms with Crippen molar-refractivity contribution in [3.05, 3.63) is 23.3 Å². The van der Waals surface area contributed by atoms with Gasteiger partial charge in [0, 0.05) is 17.5 Å². The minimum Gasteiger partial charge on any atom is -0.507 e. The lowest BCUT2D eigenvalue weighted by molar-refractivity contribution is 0.243. The van der Waals surface area contributed by atoms with Crippen LogP contribution >= 0.6 is 0 Å². The van der Waals surface area contributed by atoms with Gasteiger partial charge in [0.1, 0.15) is 11.5 Å². The summed E-state index contributed by atoms with van der Waals surface area (Å²) in [6.07, 6.45) is 3.31. The summed E-state index contributed by atoms with van der Waals surface area (Å²) in [6.45, 7) is 2.48. The van der Waals surface area contributed by atoms with Gasteiger partial charge in [-0.15, -0.1) is 0 Å². The number of nitrogens with two attached hydrogens (primary N) is 1. The molecule has 0 heterocycles. The first kappa shape index (κ1) is 11.3. The SMILES string of the molecule is COc1cc(C)c(O)c(C2(CN)CCC2)c1. The van der Waals surface area contributed by atoms with Gasteiger partial charge in [0.05, 0.1) is 7.11 Å². The van der Waals surface area contributed by atoms with Crippen molar-refractivity contribution in [3.8, 4) is 11.5 Å². The van der Waals surface area contributed by atoms with Crippen molar-refractivity contribution in [3.63, 3.8) is 0 Å². The second-order valence-electron chi connectivity index (χ2n) is 4.68. The topological polar surface area (TPSA) is 55.5 Å². The minimum atomic E-state index is -0.0244. The molecule has 3 N–H and O–H groups in total. The highest BCUT2D eigenvalue weighted by atomic mass is 16.5. The zero-order valence-corrected chi connectivity index (χ0v) is 9.92. The number of aryl methyl sites for hydroxylation is 1. The number of benzene rings is 1. The smallest absolute Gasteiger partial charge is 0.122 e. The first-order valence-corrected chi connectivity index (χ1v) is 5.71. The summed E-state index contributed by atoms with van der Waals surface area (Å²) >= 11 is 0. The molecule has 16 heavy (non-hydrogen) atoms. The molecule has 0 spiro atoms. The molecule has 0 radical (unpaired) electrons. The second kappa shape index (κ2) is 3.98. The van der Waals surface area contributed by atoms with Gasteiger partial charge in [-0.05, 0) is 37.5 Å². The fraction of sp³-hybridized carbons (Fsp3) is 0.538. The van der Waals surface area contributed by atoms with E-state index in [1.54, 1.807) is 7.11 Å². The number of aromatic hydroxyl groups is 1. The highest BCUT2D eigenvalue weighted by molar-refractivity contribution is 5.50. The molecule has 2 rings (SSSR count). The van der Waals surface area contributed by atoms with Crippen LogP contribution in [0.25, 0.3) is 0 Å². The normalized spacial score (nSPS) is 17.9. The Morgan fingerprint density at radius 2 is 2.12 bits per heavy atom. The summed E-state index contributed by atoms with van der Waals surface area (Å²) in [5, 5.41) is 10.1. The molecule has 88 valence electrons. The van der Waals surface area contributed by atoms with Crippen LogP contribution in [0.15, 0.2) is 12.1 Å². The summed E-state index contributed by atoms with van der Waals surface area (Å²) in [7, 11) is 1.64. The highest BCUT2D eigenvalue weighted by Gasteiger charge is 2.39. The van der Waals surface area contributed by atoms with Crippen molar-refractivity contribution in [2.75, 3.05) is 13.7 Å². The van der Waals surface area contributed by atoms with E-state index in [0.717, 1.165) is 29.7 Å². The van der Waals surface area contributed by atoms with Gasteiger partial charge in [-0.1, -0.05) is 6.42 Å². The zero-order valence-electron chi connectivity index (χ0n) is 9.92. The van der Waals surface area contributed by atoms with Crippen molar-refractivity contribution in [2.24, 2.45) is 5.73 Å². The third kappa shape index (κ3) is 1.55. The molecule has 1 aromatic carbocycles. The molecule has 0 bridgehead atoms. The fourth-order valence-electron chi connectivity index (χ4n) is 2.46. The Hall–Kier alpha value is -1.22. The average molecular weight is 221 g/mol. The van der Waals surface area contributed by atoms with Gasteiger partial charge in [0.15, 0.2) is 0 Å². The molecular weight excluding hydrogens is 202 g/mol. The van der Waals surface area contributed by atoms with Crippen LogP contribution in [0.4, 0.5) is 0 Å². The molecule has 0 amide bonds. The van der Waals surface area contributed by atoms with Crippen molar-refractivity contribution in [1.82, 2.24) is 0 Å². The largest absolute Gasteiger partial charge is 0.507 e. The molecule has 1 aromatic rings. The number of methoxy groups -OCH3 is 1. The molecule has 3 heteroatoms. The van der Waals surface area contributed by atoms with E-state index in [9.17, 15) is 5.11 Å².